The first-order valence-corrected chi connectivity index (χ1v) is 9.33. The van der Waals surface area contributed by atoms with Gasteiger partial charge in [-0.05, 0) is 49.2 Å². The minimum Gasteiger partial charge on any atom is -0.397 e. The Kier molecular flexibility index (Phi) is 4.99. The lowest BCUT2D eigenvalue weighted by Gasteiger charge is -2.18. The van der Waals surface area contributed by atoms with Crippen LogP contribution in [-0.4, -0.2) is 40.3 Å². The Balaban J connectivity index is 1.64. The Morgan fingerprint density at radius 2 is 2.11 bits per heavy atom. The maximum absolute atomic E-state index is 8.69. The zero-order valence-electron chi connectivity index (χ0n) is 15.5. The normalized spacial score (nSPS) is 16.3. The van der Waals surface area contributed by atoms with E-state index in [1.165, 1.54) is 0 Å². The number of hydrogen-bond donors (Lipinski definition) is 3. The average molecular weight is 373 g/mol. The number of hydrogen-bond acceptors (Lipinski definition) is 7. The van der Waals surface area contributed by atoms with Crippen LogP contribution < -0.4 is 16.4 Å². The first kappa shape index (κ1) is 18.1. The van der Waals surface area contributed by atoms with Crippen molar-refractivity contribution in [2.75, 3.05) is 30.3 Å². The van der Waals surface area contributed by atoms with Gasteiger partial charge in [-0.3, -0.25) is 15.4 Å². The maximum atomic E-state index is 8.69. The van der Waals surface area contributed by atoms with Crippen LogP contribution in [0, 0.1) is 11.3 Å². The summed E-state index contributed by atoms with van der Waals surface area (Å²) in [6.07, 6.45) is 6.12. The molecule has 4 rings (SSSR count). The minimum absolute atomic E-state index is 0.279. The van der Waals surface area contributed by atoms with Crippen LogP contribution in [0.2, 0.25) is 0 Å². The van der Waals surface area contributed by atoms with Gasteiger partial charge >= 0.3 is 0 Å². The van der Waals surface area contributed by atoms with E-state index in [-0.39, 0.29) is 5.71 Å². The molecule has 0 aromatic carbocycles. The van der Waals surface area contributed by atoms with E-state index >= 15 is 0 Å². The summed E-state index contributed by atoms with van der Waals surface area (Å²) in [5.74, 6) is 1.38. The predicted molar refractivity (Wildman–Crippen MR) is 111 cm³/mol. The van der Waals surface area contributed by atoms with Gasteiger partial charge in [0.05, 0.1) is 29.0 Å². The molecule has 4 heterocycles. The van der Waals surface area contributed by atoms with Gasteiger partial charge in [-0.1, -0.05) is 6.07 Å². The summed E-state index contributed by atoms with van der Waals surface area (Å²) in [4.78, 5) is 15.5. The van der Waals surface area contributed by atoms with Crippen LogP contribution in [0.1, 0.15) is 17.7 Å². The summed E-state index contributed by atoms with van der Waals surface area (Å²) >= 11 is 0. The first-order valence-electron chi connectivity index (χ1n) is 9.33. The Morgan fingerprint density at radius 3 is 2.86 bits per heavy atom. The molecular weight excluding hydrogens is 350 g/mol. The highest BCUT2D eigenvalue weighted by Gasteiger charge is 2.23. The third-order valence-corrected chi connectivity index (χ3v) is 5.10. The molecule has 28 heavy (non-hydrogen) atoms. The van der Waals surface area contributed by atoms with Crippen LogP contribution in [-0.2, 0) is 0 Å². The molecule has 7 nitrogen and oxygen atoms in total. The van der Waals surface area contributed by atoms with Crippen LogP contribution in [0.5, 0.6) is 0 Å². The molecule has 0 saturated carbocycles. The second kappa shape index (κ2) is 7.74. The molecule has 142 valence electrons. The zero-order chi connectivity index (χ0) is 19.5. The van der Waals surface area contributed by atoms with Gasteiger partial charge in [0, 0.05) is 36.6 Å². The highest BCUT2D eigenvalue weighted by atomic mass is 15.2. The molecule has 1 aliphatic rings. The fourth-order valence-corrected chi connectivity index (χ4v) is 3.46. The van der Waals surface area contributed by atoms with Crippen LogP contribution in [0.25, 0.3) is 11.3 Å². The third-order valence-electron chi connectivity index (χ3n) is 5.10. The molecule has 0 spiro atoms. The summed E-state index contributed by atoms with van der Waals surface area (Å²) in [6, 6.07) is 11.4. The van der Waals surface area contributed by atoms with Gasteiger partial charge < -0.3 is 16.4 Å². The SMILES string of the molecule is N=C(c1cccc(N2CCC(CN)C2)n1)c1cc(-c2cccnc2)ncc1N. The lowest BCUT2D eigenvalue weighted by Crippen LogP contribution is -2.24. The van der Waals surface area contributed by atoms with Crippen LogP contribution in [0.4, 0.5) is 11.5 Å². The van der Waals surface area contributed by atoms with Crippen molar-refractivity contribution in [2.24, 2.45) is 11.7 Å². The molecule has 5 N–H and O–H groups in total. The van der Waals surface area contributed by atoms with Gasteiger partial charge in [-0.2, -0.15) is 0 Å². The van der Waals surface area contributed by atoms with Crippen molar-refractivity contribution >= 4 is 17.2 Å². The monoisotopic (exact) mass is 373 g/mol. The van der Waals surface area contributed by atoms with E-state index in [1.54, 1.807) is 18.6 Å². The largest absolute Gasteiger partial charge is 0.397 e. The summed E-state index contributed by atoms with van der Waals surface area (Å²) in [6.45, 7) is 2.54. The van der Waals surface area contributed by atoms with Gasteiger partial charge in [-0.25, -0.2) is 4.98 Å². The fraction of sp³-hybridized carbons (Fsp3) is 0.238. The van der Waals surface area contributed by atoms with Crippen molar-refractivity contribution in [2.45, 2.75) is 6.42 Å². The van der Waals surface area contributed by atoms with Gasteiger partial charge in [-0.15, -0.1) is 0 Å². The molecule has 0 aliphatic carbocycles. The van der Waals surface area contributed by atoms with E-state index in [0.29, 0.717) is 29.4 Å². The third kappa shape index (κ3) is 3.57. The maximum Gasteiger partial charge on any atom is 0.129 e. The number of pyridine rings is 3. The van der Waals surface area contributed by atoms with Gasteiger partial charge in [0.1, 0.15) is 5.82 Å². The van der Waals surface area contributed by atoms with E-state index in [9.17, 15) is 0 Å². The second-order valence-corrected chi connectivity index (χ2v) is 6.99. The van der Waals surface area contributed by atoms with Crippen molar-refractivity contribution < 1.29 is 0 Å². The van der Waals surface area contributed by atoms with E-state index in [1.807, 2.05) is 36.4 Å². The first-order chi connectivity index (χ1) is 13.7. The molecule has 1 unspecified atom stereocenters. The van der Waals surface area contributed by atoms with Crippen LogP contribution >= 0.6 is 0 Å². The van der Waals surface area contributed by atoms with Gasteiger partial charge in [0.2, 0.25) is 0 Å². The molecule has 1 saturated heterocycles. The Bertz CT molecular complexity index is 987. The van der Waals surface area contributed by atoms with E-state index < -0.39 is 0 Å². The summed E-state index contributed by atoms with van der Waals surface area (Å²) in [5, 5.41) is 8.69. The number of nitrogens with zero attached hydrogens (tertiary/aromatic N) is 4. The molecule has 7 heteroatoms. The number of anilines is 2. The smallest absolute Gasteiger partial charge is 0.129 e. The van der Waals surface area contributed by atoms with Crippen molar-refractivity contribution in [1.29, 1.82) is 5.41 Å². The zero-order valence-corrected chi connectivity index (χ0v) is 15.5. The Morgan fingerprint density at radius 1 is 1.21 bits per heavy atom. The quantitative estimate of drug-likeness (QED) is 0.591. The molecule has 0 amide bonds. The van der Waals surface area contributed by atoms with Crippen molar-refractivity contribution in [1.82, 2.24) is 15.0 Å². The number of nitrogen functional groups attached to an aromatic ring is 1. The Labute approximate surface area is 164 Å². The fourth-order valence-electron chi connectivity index (χ4n) is 3.46. The average Bonchev–Trinajstić information content (AvgIpc) is 3.24. The number of nitrogens with one attached hydrogen (secondary N) is 1. The van der Waals surface area contributed by atoms with E-state index in [0.717, 1.165) is 36.6 Å². The molecule has 1 aliphatic heterocycles. The van der Waals surface area contributed by atoms with Gasteiger partial charge in [0.15, 0.2) is 0 Å². The number of nitrogens with two attached hydrogens (primary N) is 2. The summed E-state index contributed by atoms with van der Waals surface area (Å²) < 4.78 is 0. The summed E-state index contributed by atoms with van der Waals surface area (Å²) in [5.41, 5.74) is 15.5. The molecule has 1 atom stereocenters. The minimum atomic E-state index is 0.279. The summed E-state index contributed by atoms with van der Waals surface area (Å²) in [7, 11) is 0. The lowest BCUT2D eigenvalue weighted by molar-refractivity contribution is 0.602. The highest BCUT2D eigenvalue weighted by molar-refractivity contribution is 6.13. The van der Waals surface area contributed by atoms with Crippen molar-refractivity contribution in [3.8, 4) is 11.3 Å². The number of aromatic nitrogens is 3. The topological polar surface area (TPSA) is 118 Å². The second-order valence-electron chi connectivity index (χ2n) is 6.99. The molecule has 0 radical (unpaired) electrons. The van der Waals surface area contributed by atoms with Gasteiger partial charge in [0.25, 0.3) is 0 Å². The Hall–Kier alpha value is -3.32. The van der Waals surface area contributed by atoms with E-state index in [2.05, 4.69) is 14.9 Å². The van der Waals surface area contributed by atoms with Crippen molar-refractivity contribution in [3.05, 3.63) is 66.2 Å². The standard InChI is InChI=1S/C21H23N7/c22-10-14-6-8-28(13-14)20-5-1-4-18(27-20)21(24)16-9-19(26-12-17(16)23)15-3-2-7-25-11-15/h1-5,7,9,11-12,14,24H,6,8,10,13,22-23H2. The predicted octanol–water partition coefficient (Wildman–Crippen LogP) is 2.32. The van der Waals surface area contributed by atoms with Crippen LogP contribution in [0.3, 0.4) is 0 Å². The molecule has 1 fully saturated rings. The lowest BCUT2D eigenvalue weighted by atomic mass is 10.0. The molecular formula is C21H23N7. The van der Waals surface area contributed by atoms with E-state index in [4.69, 9.17) is 21.9 Å². The molecule has 0 bridgehead atoms. The highest BCUT2D eigenvalue weighted by Crippen LogP contribution is 2.25. The molecule has 3 aromatic rings. The van der Waals surface area contributed by atoms with Crippen molar-refractivity contribution in [3.63, 3.8) is 0 Å². The van der Waals surface area contributed by atoms with Crippen LogP contribution in [0.15, 0.2) is 55.0 Å². The number of rotatable bonds is 5. The molecule has 3 aromatic heterocycles.